The Labute approximate surface area is 185 Å². The third-order valence-corrected chi connectivity index (χ3v) is 4.92. The van der Waals surface area contributed by atoms with Gasteiger partial charge in [-0.05, 0) is 28.8 Å². The van der Waals surface area contributed by atoms with E-state index in [-0.39, 0.29) is 18.6 Å². The van der Waals surface area contributed by atoms with E-state index < -0.39 is 24.4 Å². The minimum Gasteiger partial charge on any atom is -0.475 e. The van der Waals surface area contributed by atoms with Crippen molar-refractivity contribution in [1.29, 1.82) is 0 Å². The van der Waals surface area contributed by atoms with Crippen molar-refractivity contribution in [3.05, 3.63) is 59.7 Å². The average molecular weight is 467 g/mol. The number of hydrogen-bond donors (Lipinski definition) is 3. The molecule has 2 aliphatic rings. The third-order valence-electron chi connectivity index (χ3n) is 4.92. The Hall–Kier alpha value is -3.64. The first-order valence-electron chi connectivity index (χ1n) is 9.71. The van der Waals surface area contributed by atoms with Crippen LogP contribution in [0, 0.1) is 0 Å². The molecule has 2 heterocycles. The molecule has 0 bridgehead atoms. The number of carboxylic acid groups (broad SMARTS) is 1. The molecule has 2 aromatic carbocycles. The molecular formula is C21H20F3N3O6. The van der Waals surface area contributed by atoms with Crippen LogP contribution >= 0.6 is 0 Å². The van der Waals surface area contributed by atoms with Crippen molar-refractivity contribution in [2.24, 2.45) is 5.73 Å². The number of nitrogens with one attached hydrogen (secondary N) is 1. The Kier molecular flexibility index (Phi) is 7.19. The zero-order valence-electron chi connectivity index (χ0n) is 17.0. The predicted molar refractivity (Wildman–Crippen MR) is 108 cm³/mol. The molecule has 12 heteroatoms. The number of amides is 1. The second-order valence-electron chi connectivity index (χ2n) is 7.08. The lowest BCUT2D eigenvalue weighted by molar-refractivity contribution is -0.192. The number of carboxylic acids is 1. The highest BCUT2D eigenvalue weighted by Gasteiger charge is 2.42. The van der Waals surface area contributed by atoms with E-state index in [1.165, 1.54) is 5.01 Å². The molecule has 0 aliphatic carbocycles. The second kappa shape index (κ2) is 9.88. The number of nitrogens with two attached hydrogens (primary N) is 1. The Morgan fingerprint density at radius 1 is 1.09 bits per heavy atom. The highest BCUT2D eigenvalue weighted by atomic mass is 19.4. The lowest BCUT2D eigenvalue weighted by Crippen LogP contribution is -2.57. The van der Waals surface area contributed by atoms with Gasteiger partial charge in [-0.25, -0.2) is 15.0 Å². The van der Waals surface area contributed by atoms with Gasteiger partial charge in [-0.2, -0.15) is 13.2 Å². The molecule has 9 nitrogen and oxygen atoms in total. The number of aliphatic carboxylic acids is 1. The van der Waals surface area contributed by atoms with Gasteiger partial charge in [-0.1, -0.05) is 36.4 Å². The van der Waals surface area contributed by atoms with Crippen molar-refractivity contribution in [2.75, 3.05) is 13.1 Å². The van der Waals surface area contributed by atoms with Crippen LogP contribution in [0.1, 0.15) is 15.9 Å². The first kappa shape index (κ1) is 24.0. The van der Waals surface area contributed by atoms with Gasteiger partial charge in [-0.3, -0.25) is 9.80 Å². The second-order valence-corrected chi connectivity index (χ2v) is 7.08. The molecule has 2 saturated heterocycles. The fourth-order valence-corrected chi connectivity index (χ4v) is 3.28. The van der Waals surface area contributed by atoms with Crippen molar-refractivity contribution in [2.45, 2.75) is 24.9 Å². The summed E-state index contributed by atoms with van der Waals surface area (Å²) in [5, 5.41) is 8.59. The summed E-state index contributed by atoms with van der Waals surface area (Å²) in [6, 6.07) is 15.3. The number of fused-ring (bicyclic) bond motifs is 1. The van der Waals surface area contributed by atoms with Crippen LogP contribution in [0.4, 0.5) is 18.0 Å². The number of alkyl halides is 3. The summed E-state index contributed by atoms with van der Waals surface area (Å²) in [4.78, 5) is 32.8. The van der Waals surface area contributed by atoms with Crippen LogP contribution in [0.15, 0.2) is 48.5 Å². The lowest BCUT2D eigenvalue weighted by Gasteiger charge is -2.32. The SMILES string of the molecule is NCc1ccccc1-c1ccc(C(=O)N2C[C@@H]3OC(=O)O[C@@H]3CN2)cc1.O=C(O)C(F)(F)F. The number of hydrogen-bond acceptors (Lipinski definition) is 7. The van der Waals surface area contributed by atoms with E-state index in [4.69, 9.17) is 25.1 Å². The van der Waals surface area contributed by atoms with Gasteiger partial charge in [-0.15, -0.1) is 0 Å². The van der Waals surface area contributed by atoms with Crippen molar-refractivity contribution < 1.29 is 42.1 Å². The first-order chi connectivity index (χ1) is 15.6. The van der Waals surface area contributed by atoms with Crippen molar-refractivity contribution >= 4 is 18.0 Å². The van der Waals surface area contributed by atoms with Gasteiger partial charge in [0.2, 0.25) is 0 Å². The van der Waals surface area contributed by atoms with Crippen LogP contribution in [0.2, 0.25) is 0 Å². The van der Waals surface area contributed by atoms with Gasteiger partial charge in [0.05, 0.1) is 13.1 Å². The summed E-state index contributed by atoms with van der Waals surface area (Å²) in [5.74, 6) is -2.93. The number of hydrazine groups is 1. The molecule has 2 atom stereocenters. The van der Waals surface area contributed by atoms with Gasteiger partial charge >= 0.3 is 18.3 Å². The highest BCUT2D eigenvalue weighted by Crippen LogP contribution is 2.25. The zero-order valence-corrected chi connectivity index (χ0v) is 17.0. The number of nitrogens with zero attached hydrogens (tertiary/aromatic N) is 1. The molecule has 33 heavy (non-hydrogen) atoms. The fourth-order valence-electron chi connectivity index (χ4n) is 3.28. The molecule has 0 saturated carbocycles. The Balaban J connectivity index is 0.000000383. The molecule has 0 aromatic heterocycles. The van der Waals surface area contributed by atoms with Gasteiger partial charge in [0.25, 0.3) is 5.91 Å². The monoisotopic (exact) mass is 467 g/mol. The number of ether oxygens (including phenoxy) is 2. The number of carbonyl (C=O) groups excluding carboxylic acids is 2. The van der Waals surface area contributed by atoms with E-state index in [0.29, 0.717) is 18.7 Å². The Bertz CT molecular complexity index is 1030. The molecule has 4 rings (SSSR count). The maximum Gasteiger partial charge on any atom is 0.509 e. The summed E-state index contributed by atoms with van der Waals surface area (Å²) in [6.45, 7) is 1.06. The maximum atomic E-state index is 12.7. The molecule has 2 aromatic rings. The Morgan fingerprint density at radius 2 is 1.70 bits per heavy atom. The number of rotatable bonds is 3. The van der Waals surface area contributed by atoms with Crippen LogP contribution in [-0.4, -0.2) is 59.6 Å². The summed E-state index contributed by atoms with van der Waals surface area (Å²) in [7, 11) is 0. The summed E-state index contributed by atoms with van der Waals surface area (Å²) >= 11 is 0. The molecule has 1 amide bonds. The van der Waals surface area contributed by atoms with Crippen LogP contribution in [0.5, 0.6) is 0 Å². The molecular weight excluding hydrogens is 447 g/mol. The quantitative estimate of drug-likeness (QED) is 0.586. The number of benzene rings is 2. The van der Waals surface area contributed by atoms with Crippen molar-refractivity contribution in [3.63, 3.8) is 0 Å². The minimum absolute atomic E-state index is 0.176. The van der Waals surface area contributed by atoms with Crippen molar-refractivity contribution in [1.82, 2.24) is 10.4 Å². The van der Waals surface area contributed by atoms with Gasteiger partial charge in [0.1, 0.15) is 0 Å². The van der Waals surface area contributed by atoms with E-state index in [2.05, 4.69) is 5.43 Å². The smallest absolute Gasteiger partial charge is 0.475 e. The minimum atomic E-state index is -5.08. The number of carbonyl (C=O) groups is 3. The van der Waals surface area contributed by atoms with Crippen LogP contribution < -0.4 is 11.2 Å². The topological polar surface area (TPSA) is 131 Å². The maximum absolute atomic E-state index is 12.7. The zero-order chi connectivity index (χ0) is 24.2. The largest absolute Gasteiger partial charge is 0.509 e. The lowest BCUT2D eigenvalue weighted by atomic mass is 9.98. The van der Waals surface area contributed by atoms with E-state index in [0.717, 1.165) is 16.7 Å². The predicted octanol–water partition coefficient (Wildman–Crippen LogP) is 2.31. The molecule has 0 unspecified atom stereocenters. The summed E-state index contributed by atoms with van der Waals surface area (Å²) in [5.41, 5.74) is 12.5. The normalized spacial score (nSPS) is 19.5. The van der Waals surface area contributed by atoms with Gasteiger partial charge in [0.15, 0.2) is 12.2 Å². The van der Waals surface area contributed by atoms with Gasteiger partial charge < -0.3 is 20.3 Å². The fraction of sp³-hybridized carbons (Fsp3) is 0.286. The van der Waals surface area contributed by atoms with E-state index in [1.54, 1.807) is 12.1 Å². The van der Waals surface area contributed by atoms with Crippen LogP contribution in [0.3, 0.4) is 0 Å². The van der Waals surface area contributed by atoms with E-state index in [9.17, 15) is 22.8 Å². The molecule has 4 N–H and O–H groups in total. The Morgan fingerprint density at radius 3 is 2.30 bits per heavy atom. The molecule has 0 spiro atoms. The van der Waals surface area contributed by atoms with Crippen LogP contribution in [-0.2, 0) is 20.8 Å². The number of halogens is 3. The van der Waals surface area contributed by atoms with Crippen LogP contribution in [0.25, 0.3) is 11.1 Å². The first-order valence-corrected chi connectivity index (χ1v) is 9.71. The molecule has 0 radical (unpaired) electrons. The molecule has 2 aliphatic heterocycles. The molecule has 2 fully saturated rings. The molecule has 176 valence electrons. The standard InChI is InChI=1S/C19H19N3O4.C2HF3O2/c20-9-14-3-1-2-4-15(14)12-5-7-13(8-6-12)18(23)22-11-17-16(10-21-22)25-19(24)26-17;3-2(4,5)1(6)7/h1-8,16-17,21H,9-11,20H2;(H,6,7)/t16-,17+;/m1./s1. The summed E-state index contributed by atoms with van der Waals surface area (Å²) < 4.78 is 41.8. The van der Waals surface area contributed by atoms with E-state index >= 15 is 0 Å². The third kappa shape index (κ3) is 5.79. The van der Waals surface area contributed by atoms with Crippen molar-refractivity contribution in [3.8, 4) is 11.1 Å². The van der Waals surface area contributed by atoms with E-state index in [1.807, 2.05) is 36.4 Å². The average Bonchev–Trinajstić information content (AvgIpc) is 3.17. The highest BCUT2D eigenvalue weighted by molar-refractivity contribution is 5.94. The van der Waals surface area contributed by atoms with Gasteiger partial charge in [0, 0.05) is 12.1 Å². The summed E-state index contributed by atoms with van der Waals surface area (Å²) in [6.07, 6.45) is -6.54.